The van der Waals surface area contributed by atoms with Gasteiger partial charge in [0.1, 0.15) is 0 Å². The molecule has 0 fully saturated rings. The van der Waals surface area contributed by atoms with E-state index in [4.69, 9.17) is 4.74 Å². The van der Waals surface area contributed by atoms with E-state index in [2.05, 4.69) is 11.6 Å². The van der Waals surface area contributed by atoms with Gasteiger partial charge in [0, 0.05) is 27.2 Å². The van der Waals surface area contributed by atoms with Crippen molar-refractivity contribution >= 4 is 66.0 Å². The van der Waals surface area contributed by atoms with E-state index in [0.717, 1.165) is 10.6 Å². The zero-order valence-corrected chi connectivity index (χ0v) is 15.9. The zero-order valence-electron chi connectivity index (χ0n) is 13.4. The molecule has 0 aliphatic heterocycles. The van der Waals surface area contributed by atoms with E-state index in [9.17, 15) is 14.4 Å². The number of esters is 1. The molecule has 2 aromatic rings. The summed E-state index contributed by atoms with van der Waals surface area (Å²) in [4.78, 5) is 38.9. The van der Waals surface area contributed by atoms with Gasteiger partial charge in [0.15, 0.2) is 11.2 Å². The standard InChI is InChI=1S/C11H12N4O4.Ba.2H/c1-5-6(16)19-10-12-8-7(13(10)2)9(17)15(4)11(18)14(8)3;;;/h5H,1H2,2-4H3;;;/q;+2;2*-1. The fourth-order valence-corrected chi connectivity index (χ4v) is 1.72. The molecule has 2 rings (SSSR count). The first-order valence-electron chi connectivity index (χ1n) is 5.35. The van der Waals surface area contributed by atoms with E-state index in [0.29, 0.717) is 0 Å². The zero-order chi connectivity index (χ0) is 14.3. The second-order valence-corrected chi connectivity index (χ2v) is 3.96. The molecule has 0 N–H and O–H groups in total. The minimum Gasteiger partial charge on any atom is -1.00 e. The van der Waals surface area contributed by atoms with Crippen LogP contribution in [0.3, 0.4) is 0 Å². The van der Waals surface area contributed by atoms with Crippen molar-refractivity contribution in [1.82, 2.24) is 18.7 Å². The Morgan fingerprint density at radius 2 is 1.85 bits per heavy atom. The van der Waals surface area contributed by atoms with Gasteiger partial charge in [-0.15, -0.1) is 0 Å². The molecular formula is C11H14BaN4O4. The van der Waals surface area contributed by atoms with Crippen molar-refractivity contribution in [2.75, 3.05) is 0 Å². The van der Waals surface area contributed by atoms with Crippen LogP contribution in [0.5, 0.6) is 6.01 Å². The second-order valence-electron chi connectivity index (χ2n) is 3.96. The molecule has 20 heavy (non-hydrogen) atoms. The maximum atomic E-state index is 12.0. The summed E-state index contributed by atoms with van der Waals surface area (Å²) in [6.07, 6.45) is 0.983. The number of hydrogen-bond acceptors (Lipinski definition) is 5. The van der Waals surface area contributed by atoms with Crippen LogP contribution in [0, 0.1) is 0 Å². The Kier molecular flexibility index (Phi) is 5.22. The van der Waals surface area contributed by atoms with Crippen LogP contribution in [-0.4, -0.2) is 73.5 Å². The van der Waals surface area contributed by atoms with E-state index >= 15 is 0 Å². The summed E-state index contributed by atoms with van der Waals surface area (Å²) in [5, 5.41) is 0. The minimum atomic E-state index is -0.694. The van der Waals surface area contributed by atoms with Crippen molar-refractivity contribution in [3.63, 3.8) is 0 Å². The van der Waals surface area contributed by atoms with Crippen LogP contribution in [-0.2, 0) is 25.9 Å². The van der Waals surface area contributed by atoms with Gasteiger partial charge in [-0.2, -0.15) is 4.98 Å². The fourth-order valence-electron chi connectivity index (χ4n) is 1.72. The minimum absolute atomic E-state index is 0. The van der Waals surface area contributed by atoms with Crippen molar-refractivity contribution in [2.45, 2.75) is 0 Å². The number of ether oxygens (including phenoxy) is 1. The Labute approximate surface area is 156 Å². The van der Waals surface area contributed by atoms with Crippen molar-refractivity contribution in [1.29, 1.82) is 0 Å². The van der Waals surface area contributed by atoms with Gasteiger partial charge in [-0.25, -0.2) is 9.59 Å². The smallest absolute Gasteiger partial charge is 1.00 e. The summed E-state index contributed by atoms with van der Waals surface area (Å²) in [5.74, 6) is -0.694. The number of aryl methyl sites for hydroxylation is 2. The number of fused-ring (bicyclic) bond motifs is 1. The maximum Gasteiger partial charge on any atom is 2.00 e. The van der Waals surface area contributed by atoms with Crippen molar-refractivity contribution < 1.29 is 12.4 Å². The van der Waals surface area contributed by atoms with E-state index in [1.807, 2.05) is 0 Å². The first-order valence-corrected chi connectivity index (χ1v) is 5.35. The molecule has 0 aliphatic carbocycles. The van der Waals surface area contributed by atoms with Gasteiger partial charge in [-0.05, 0) is 0 Å². The number of carbonyl (C=O) groups excluding carboxylic acids is 1. The molecule has 0 amide bonds. The molecule has 2 aromatic heterocycles. The predicted octanol–water partition coefficient (Wildman–Crippen LogP) is -1.09. The van der Waals surface area contributed by atoms with Crippen LogP contribution in [0.4, 0.5) is 0 Å². The van der Waals surface area contributed by atoms with Gasteiger partial charge >= 0.3 is 66.6 Å². The first-order chi connectivity index (χ1) is 8.88. The Balaban J connectivity index is 0. The van der Waals surface area contributed by atoms with E-state index in [-0.39, 0.29) is 68.9 Å². The summed E-state index contributed by atoms with van der Waals surface area (Å²) in [6.45, 7) is 3.27. The molecule has 2 heterocycles. The number of carbonyl (C=O) groups is 1. The summed E-state index contributed by atoms with van der Waals surface area (Å²) in [5.41, 5.74) is -0.676. The van der Waals surface area contributed by atoms with Crippen LogP contribution in [0.1, 0.15) is 2.85 Å². The monoisotopic (exact) mass is 404 g/mol. The fraction of sp³-hybridized carbons (Fsp3) is 0.273. The predicted molar refractivity (Wildman–Crippen MR) is 75.0 cm³/mol. The number of aromatic nitrogens is 4. The van der Waals surface area contributed by atoms with Gasteiger partial charge in [0.25, 0.3) is 5.56 Å². The van der Waals surface area contributed by atoms with Gasteiger partial charge in [-0.1, -0.05) is 6.58 Å². The number of rotatable bonds is 2. The SMILES string of the molecule is C=CC(=O)Oc1nc2c(c(=O)n(C)c(=O)n2C)n1C.[Ba+2].[H-].[H-]. The summed E-state index contributed by atoms with van der Waals surface area (Å²) in [7, 11) is 4.37. The van der Waals surface area contributed by atoms with Crippen LogP contribution in [0.15, 0.2) is 22.2 Å². The number of hydrogen-bond donors (Lipinski definition) is 0. The molecule has 0 saturated carbocycles. The topological polar surface area (TPSA) is 88.1 Å². The summed E-state index contributed by atoms with van der Waals surface area (Å²) < 4.78 is 8.39. The second kappa shape index (κ2) is 6.14. The van der Waals surface area contributed by atoms with Crippen LogP contribution < -0.4 is 16.0 Å². The Morgan fingerprint density at radius 3 is 2.40 bits per heavy atom. The van der Waals surface area contributed by atoms with Crippen LogP contribution in [0.25, 0.3) is 11.2 Å². The molecule has 0 radical (unpaired) electrons. The molecule has 0 aliphatic rings. The molecular weight excluding hydrogens is 389 g/mol. The van der Waals surface area contributed by atoms with Crippen molar-refractivity contribution in [2.24, 2.45) is 21.1 Å². The molecule has 8 nitrogen and oxygen atoms in total. The van der Waals surface area contributed by atoms with Gasteiger partial charge in [-0.3, -0.25) is 18.5 Å². The quantitative estimate of drug-likeness (QED) is 0.361. The third-order valence-corrected chi connectivity index (χ3v) is 2.79. The molecule has 104 valence electrons. The Hall–Kier alpha value is -1.07. The van der Waals surface area contributed by atoms with E-state index in [1.165, 1.54) is 30.3 Å². The third kappa shape index (κ3) is 2.57. The first kappa shape index (κ1) is 17.0. The number of imidazole rings is 1. The van der Waals surface area contributed by atoms with Crippen molar-refractivity contribution in [3.8, 4) is 6.01 Å². The van der Waals surface area contributed by atoms with Gasteiger partial charge in [0.2, 0.25) is 0 Å². The van der Waals surface area contributed by atoms with Crippen molar-refractivity contribution in [3.05, 3.63) is 33.5 Å². The normalized spacial score (nSPS) is 10.2. The van der Waals surface area contributed by atoms with E-state index < -0.39 is 17.2 Å². The van der Waals surface area contributed by atoms with Gasteiger partial charge < -0.3 is 7.59 Å². The molecule has 0 bridgehead atoms. The molecule has 0 unspecified atom stereocenters. The Morgan fingerprint density at radius 1 is 1.25 bits per heavy atom. The van der Waals surface area contributed by atoms with Crippen LogP contribution >= 0.6 is 0 Å². The molecule has 0 aromatic carbocycles. The Bertz CT molecular complexity index is 824. The number of nitrogens with zero attached hydrogens (tertiary/aromatic N) is 4. The third-order valence-electron chi connectivity index (χ3n) is 2.79. The molecule has 0 spiro atoms. The average Bonchev–Trinajstić information content (AvgIpc) is 2.71. The summed E-state index contributed by atoms with van der Waals surface area (Å²) >= 11 is 0. The van der Waals surface area contributed by atoms with Crippen LogP contribution in [0.2, 0.25) is 0 Å². The van der Waals surface area contributed by atoms with E-state index in [1.54, 1.807) is 0 Å². The molecule has 0 saturated heterocycles. The maximum absolute atomic E-state index is 12.0. The van der Waals surface area contributed by atoms with Gasteiger partial charge in [0.05, 0.1) is 0 Å². The largest absolute Gasteiger partial charge is 2.00 e. The molecule has 9 heteroatoms. The average molecular weight is 404 g/mol. The molecule has 0 atom stereocenters. The summed E-state index contributed by atoms with van der Waals surface area (Å²) in [6, 6.07) is -0.0711.